The Morgan fingerprint density at radius 2 is 0.752 bits per heavy atom. The lowest BCUT2D eigenvalue weighted by atomic mass is 9.86. The molecule has 3 unspecified atom stereocenters. The molecule has 0 bridgehead atoms. The second-order valence-corrected chi connectivity index (χ2v) is 30.2. The lowest BCUT2D eigenvalue weighted by Gasteiger charge is -2.39. The summed E-state index contributed by atoms with van der Waals surface area (Å²) in [6.07, 6.45) is 3.01. The zero-order valence-corrected chi connectivity index (χ0v) is 68.6. The van der Waals surface area contributed by atoms with Gasteiger partial charge in [-0.3, -0.25) is 39.1 Å². The van der Waals surface area contributed by atoms with Crippen LogP contribution in [-0.4, -0.2) is 171 Å². The number of Topliss-reactive ketones (excluding diaryl/α,β-unsaturated/α-hetero) is 2. The number of ketones is 2. The number of hydrogen-bond donors (Lipinski definition) is 7. The molecule has 2 saturated heterocycles. The van der Waals surface area contributed by atoms with Gasteiger partial charge in [-0.1, -0.05) is 65.2 Å². The van der Waals surface area contributed by atoms with Crippen molar-refractivity contribution < 1.29 is 82.4 Å². The van der Waals surface area contributed by atoms with E-state index in [0.717, 1.165) is 73.2 Å². The first-order valence-electron chi connectivity index (χ1n) is 39.3. The molecule has 37 heteroatoms. The normalized spacial score (nSPS) is 18.4. The Hall–Kier alpha value is -10.6. The monoisotopic (exact) mass is 1760 g/mol. The van der Waals surface area contributed by atoms with Gasteiger partial charge in [0.2, 0.25) is 23.4 Å². The molecule has 3 aliphatic rings. The molecule has 2 aliphatic heterocycles. The van der Waals surface area contributed by atoms with E-state index < -0.39 is 89.0 Å². The number of aliphatic hydroxyl groups is 3. The largest absolute Gasteiger partial charge is 0.416 e. The number of alkyl halides is 10. The molecule has 12 rings (SSSR count). The number of nitrogens with zero attached hydrogens (tertiary/aromatic N) is 14. The number of rotatable bonds is 29. The summed E-state index contributed by atoms with van der Waals surface area (Å²) in [6.45, 7) is 12.6. The van der Waals surface area contributed by atoms with Crippen molar-refractivity contribution >= 4 is 68.3 Å². The zero-order chi connectivity index (χ0) is 87.7. The highest BCUT2D eigenvalue weighted by atomic mass is 79.9. The van der Waals surface area contributed by atoms with Crippen LogP contribution in [-0.2, 0) is 52.5 Å². The molecule has 8 heterocycles. The Morgan fingerprint density at radius 1 is 0.446 bits per heavy atom. The van der Waals surface area contributed by atoms with Crippen molar-refractivity contribution in [2.45, 2.75) is 147 Å². The second-order valence-electron chi connectivity index (χ2n) is 29.3. The van der Waals surface area contributed by atoms with Gasteiger partial charge in [0.05, 0.1) is 45.9 Å². The van der Waals surface area contributed by atoms with Crippen molar-refractivity contribution in [2.24, 2.45) is 23.5 Å². The lowest BCUT2D eigenvalue weighted by molar-refractivity contribution is -0.138. The van der Waals surface area contributed by atoms with Gasteiger partial charge in [-0.2, -0.15) is 52.7 Å². The van der Waals surface area contributed by atoms with E-state index in [4.69, 9.17) is 5.73 Å². The number of carbonyl (C=O) groups is 3. The number of nitrogens with one attached hydrogen (secondary N) is 3. The minimum Gasteiger partial charge on any atom is -0.393 e. The fourth-order valence-electron chi connectivity index (χ4n) is 14.4. The summed E-state index contributed by atoms with van der Waals surface area (Å²) in [4.78, 5) is 79.9. The number of β-amino-alcohol motifs (C(OH)–C–C–N with tert-alkyl or cyclic N) is 2. The van der Waals surface area contributed by atoms with Gasteiger partial charge < -0.3 is 51.7 Å². The van der Waals surface area contributed by atoms with Crippen LogP contribution in [0.1, 0.15) is 140 Å². The SMILES string of the molecule is CC(=O)C(Br)c1ccncc1.CCN(Cc1ccc(C(F)(F)F)cc1)c1ncnc(NC[C@@H]2CCCC[C@H]2O)c1F.CCN(Cc1ccc(C(F)(F)F)cc1)c1ncnc(NC[C@@H]2CCN(C(C(C)=O)c3ccncc3)C[C@H]2O)c1F.CCN(Cc1ccc(C(F)(F)F)cc1)c1ncnc(NC[C@@H]2CCN(C(C(N)=O)c3ccncc3)C[C@H]2O)c1F. The van der Waals surface area contributed by atoms with Gasteiger partial charge >= 0.3 is 18.5 Å². The quantitative estimate of drug-likeness (QED) is 0.0169. The number of primary amides is 1. The number of hydrogen-bond acceptors (Lipinski definition) is 23. The number of likely N-dealkylation sites (tertiary alicyclic amines) is 2. The number of aromatic nitrogens is 9. The van der Waals surface area contributed by atoms with Gasteiger partial charge in [-0.25, -0.2) is 29.9 Å². The number of pyridine rings is 3. The maximum absolute atomic E-state index is 15.4. The molecule has 9 aromatic rings. The third-order valence-electron chi connectivity index (χ3n) is 21.1. The first kappa shape index (κ1) is 94.3. The van der Waals surface area contributed by atoms with Gasteiger partial charge in [0.25, 0.3) is 0 Å². The van der Waals surface area contributed by atoms with E-state index in [2.05, 4.69) is 76.7 Å². The van der Waals surface area contributed by atoms with Crippen molar-refractivity contribution in [2.75, 3.05) is 96.1 Å². The van der Waals surface area contributed by atoms with Gasteiger partial charge in [0.15, 0.2) is 40.7 Å². The van der Waals surface area contributed by atoms with Crippen LogP contribution in [0.5, 0.6) is 0 Å². The van der Waals surface area contributed by atoms with Crippen LogP contribution in [0.15, 0.2) is 165 Å². The number of halogens is 13. The summed E-state index contributed by atoms with van der Waals surface area (Å²) < 4.78 is 161. The van der Waals surface area contributed by atoms with Crippen molar-refractivity contribution in [1.29, 1.82) is 0 Å². The van der Waals surface area contributed by atoms with Crippen LogP contribution < -0.4 is 36.4 Å². The summed E-state index contributed by atoms with van der Waals surface area (Å²) in [5.41, 5.74) is 7.65. The van der Waals surface area contributed by atoms with Crippen LogP contribution in [0.25, 0.3) is 0 Å². The molecule has 3 aromatic carbocycles. The molecule has 1 saturated carbocycles. The number of aliphatic hydroxyl groups excluding tert-OH is 3. The topological polar surface area (TPSA) is 306 Å². The summed E-state index contributed by atoms with van der Waals surface area (Å²) in [6, 6.07) is 23.7. The number of anilines is 6. The molecule has 121 heavy (non-hydrogen) atoms. The highest BCUT2D eigenvalue weighted by molar-refractivity contribution is 9.09. The first-order valence-corrected chi connectivity index (χ1v) is 40.2. The van der Waals surface area contributed by atoms with E-state index in [1.807, 2.05) is 28.9 Å². The molecule has 650 valence electrons. The van der Waals surface area contributed by atoms with E-state index in [1.54, 1.807) is 96.9 Å². The average molecular weight is 1760 g/mol. The minimum absolute atomic E-state index is 0.0110. The Labute approximate surface area is 701 Å². The van der Waals surface area contributed by atoms with E-state index in [9.17, 15) is 69.2 Å². The van der Waals surface area contributed by atoms with Crippen LogP contribution in [0.2, 0.25) is 0 Å². The van der Waals surface area contributed by atoms with Gasteiger partial charge in [0.1, 0.15) is 30.8 Å². The van der Waals surface area contributed by atoms with Crippen LogP contribution in [0.4, 0.5) is 87.6 Å². The Bertz CT molecular complexity index is 4540. The minimum atomic E-state index is -4.43. The van der Waals surface area contributed by atoms with Crippen LogP contribution in [0.3, 0.4) is 0 Å². The fraction of sp³-hybridized carbons (Fsp3) is 0.429. The first-order chi connectivity index (χ1) is 57.7. The highest BCUT2D eigenvalue weighted by Crippen LogP contribution is 2.37. The molecule has 1 aliphatic carbocycles. The summed E-state index contributed by atoms with van der Waals surface area (Å²) >= 11 is 3.27. The number of amides is 1. The summed E-state index contributed by atoms with van der Waals surface area (Å²) in [5.74, 6) is -2.73. The third-order valence-corrected chi connectivity index (χ3v) is 22.2. The van der Waals surface area contributed by atoms with Crippen molar-refractivity contribution in [3.05, 3.63) is 233 Å². The molecular formula is C84H97BrF12N18O6. The molecule has 6 aromatic heterocycles. The number of piperidine rings is 2. The van der Waals surface area contributed by atoms with E-state index in [-0.39, 0.29) is 115 Å². The van der Waals surface area contributed by atoms with Gasteiger partial charge in [-0.05, 0) is 180 Å². The second kappa shape index (κ2) is 44.3. The maximum atomic E-state index is 15.4. The number of benzene rings is 3. The van der Waals surface area contributed by atoms with E-state index in [0.29, 0.717) is 74.4 Å². The predicted molar refractivity (Wildman–Crippen MR) is 436 cm³/mol. The van der Waals surface area contributed by atoms with Gasteiger partial charge in [0, 0.05) is 127 Å². The van der Waals surface area contributed by atoms with Crippen molar-refractivity contribution in [1.82, 2.24) is 54.7 Å². The smallest absolute Gasteiger partial charge is 0.393 e. The molecule has 8 N–H and O–H groups in total. The zero-order valence-electron chi connectivity index (χ0n) is 67.0. The Morgan fingerprint density at radius 3 is 1.04 bits per heavy atom. The van der Waals surface area contributed by atoms with E-state index >= 15 is 13.2 Å². The van der Waals surface area contributed by atoms with Crippen molar-refractivity contribution in [3.63, 3.8) is 0 Å². The summed E-state index contributed by atoms with van der Waals surface area (Å²) in [5, 5.41) is 40.7. The van der Waals surface area contributed by atoms with Crippen LogP contribution >= 0.6 is 15.9 Å². The Kier molecular flexibility index (Phi) is 34.5. The molecule has 24 nitrogen and oxygen atoms in total. The molecule has 9 atom stereocenters. The van der Waals surface area contributed by atoms with E-state index in [1.165, 1.54) is 62.3 Å². The molecular weight excluding hydrogens is 1660 g/mol. The number of carbonyl (C=O) groups excluding carboxylic acids is 3. The molecule has 1 amide bonds. The Balaban J connectivity index is 0.000000195. The third kappa shape index (κ3) is 26.7. The lowest BCUT2D eigenvalue weighted by Crippen LogP contribution is -2.50. The van der Waals surface area contributed by atoms with Crippen molar-refractivity contribution in [3.8, 4) is 0 Å². The summed E-state index contributed by atoms with van der Waals surface area (Å²) in [7, 11) is 0. The highest BCUT2D eigenvalue weighted by Gasteiger charge is 2.38. The predicted octanol–water partition coefficient (Wildman–Crippen LogP) is 14.6. The molecule has 0 spiro atoms. The molecule has 0 radical (unpaired) electrons. The average Bonchev–Trinajstić information content (AvgIpc) is 0.814. The van der Waals surface area contributed by atoms with Gasteiger partial charge in [-0.15, -0.1) is 0 Å². The number of nitrogens with two attached hydrogens (primary N) is 1. The maximum Gasteiger partial charge on any atom is 0.416 e. The standard InChI is InChI=1S/C28H32F4N6O2.C27H31F4N7O2.C21H26F4N4O.C8H8BrNO/c1-3-37(15-19-4-6-22(7-5-19)28(30,31)32)27-24(29)26(35-17-36-27)34-14-21-10-13-38(16-23(21)40)25(18(2)39)20-8-11-33-12-9-20;1-2-37(14-17-3-5-20(6-4-17)27(29,30)31)26-22(28)25(35-16-36-26)34-13-19-9-12-38(15-21(19)39)23(24(32)40)18-7-10-33-11-8-18;1-2-29(12-14-7-9-16(10-8-14)21(23,24)25)20-18(22)19(27-13-28-20)26-11-15-5-3-4-6-17(15)30;1-6(11)8(9)7-2-4-10-5-3-7/h4-9,11-12,17,21,23,25,40H,3,10,13-16H2,1-2H3,(H,34,35,36);3-8,10-11,16,19,21,23,39H,2,9,12-15H2,1H3,(H2,32,40)(H,34,35,36);7-10,13,15,17,30H,2-6,11-12H2,1H3,(H,26,27,28);2-5,8H,1H3/t21-,23+,25?;19-,21+,23?;15-,17+;/m000./s1. The molecule has 3 fully saturated rings. The fourth-order valence-corrected chi connectivity index (χ4v) is 14.7. The van der Waals surface area contributed by atoms with Crippen LogP contribution in [0, 0.1) is 35.2 Å².